The molecule has 1 aliphatic heterocycles. The van der Waals surface area contributed by atoms with E-state index in [9.17, 15) is 8.42 Å². The van der Waals surface area contributed by atoms with Crippen molar-refractivity contribution in [3.63, 3.8) is 0 Å². The van der Waals surface area contributed by atoms with Crippen LogP contribution in [0.3, 0.4) is 0 Å². The first-order chi connectivity index (χ1) is 11.0. The predicted octanol–water partition coefficient (Wildman–Crippen LogP) is 1.34. The first-order valence-corrected chi connectivity index (χ1v) is 9.67. The molecule has 1 atom stereocenters. The van der Waals surface area contributed by atoms with E-state index in [0.717, 1.165) is 5.56 Å². The van der Waals surface area contributed by atoms with Crippen LogP contribution in [-0.4, -0.2) is 50.1 Å². The van der Waals surface area contributed by atoms with E-state index >= 15 is 0 Å². The highest BCUT2D eigenvalue weighted by atomic mass is 127. The number of hydrogen-bond acceptors (Lipinski definition) is 5. The van der Waals surface area contributed by atoms with Gasteiger partial charge in [0, 0.05) is 24.8 Å². The van der Waals surface area contributed by atoms with E-state index in [2.05, 4.69) is 20.6 Å². The number of guanidine groups is 1. The van der Waals surface area contributed by atoms with Crippen molar-refractivity contribution in [2.45, 2.75) is 32.9 Å². The maximum Gasteiger partial charge on any atom is 0.213 e. The normalized spacial score (nSPS) is 19.4. The Morgan fingerprint density at radius 3 is 2.88 bits per heavy atom. The first-order valence-electron chi connectivity index (χ1n) is 7.85. The van der Waals surface area contributed by atoms with Gasteiger partial charge in [0.15, 0.2) is 15.8 Å². The van der Waals surface area contributed by atoms with Crippen molar-refractivity contribution < 1.29 is 13.2 Å². The molecule has 24 heavy (non-hydrogen) atoms. The fraction of sp³-hybridized carbons (Fsp3) is 0.600. The molecule has 9 heteroatoms. The lowest BCUT2D eigenvalue weighted by Crippen LogP contribution is -2.44. The molecule has 2 rings (SSSR count). The Kier molecular flexibility index (Phi) is 8.74. The van der Waals surface area contributed by atoms with E-state index < -0.39 is 9.84 Å². The van der Waals surface area contributed by atoms with Gasteiger partial charge in [-0.2, -0.15) is 0 Å². The molecular weight excluding hydrogens is 443 g/mol. The van der Waals surface area contributed by atoms with E-state index in [1.54, 1.807) is 6.20 Å². The third kappa shape index (κ3) is 6.80. The maximum absolute atomic E-state index is 11.5. The van der Waals surface area contributed by atoms with Gasteiger partial charge in [0.2, 0.25) is 5.88 Å². The summed E-state index contributed by atoms with van der Waals surface area (Å²) in [5.41, 5.74) is 0.986. The van der Waals surface area contributed by atoms with E-state index in [1.165, 1.54) is 0 Å². The van der Waals surface area contributed by atoms with Crippen molar-refractivity contribution in [2.75, 3.05) is 24.7 Å². The van der Waals surface area contributed by atoms with E-state index in [1.807, 2.05) is 26.0 Å². The van der Waals surface area contributed by atoms with Crippen LogP contribution in [0.15, 0.2) is 23.3 Å². The number of halogens is 1. The summed E-state index contributed by atoms with van der Waals surface area (Å²) < 4.78 is 28.4. The summed E-state index contributed by atoms with van der Waals surface area (Å²) in [6.45, 7) is 5.64. The Balaban J connectivity index is 0.00000288. The number of sulfone groups is 1. The molecule has 2 N–H and O–H groups in total. The summed E-state index contributed by atoms with van der Waals surface area (Å²) in [6.07, 6.45) is 2.32. The van der Waals surface area contributed by atoms with Crippen LogP contribution in [-0.2, 0) is 16.4 Å². The van der Waals surface area contributed by atoms with Crippen LogP contribution in [0.4, 0.5) is 0 Å². The number of pyridine rings is 1. The molecule has 1 unspecified atom stereocenters. The molecule has 0 amide bonds. The van der Waals surface area contributed by atoms with Gasteiger partial charge < -0.3 is 15.4 Å². The summed E-state index contributed by atoms with van der Waals surface area (Å²) in [5.74, 6) is 1.62. The van der Waals surface area contributed by atoms with E-state index in [0.29, 0.717) is 38.0 Å². The molecule has 1 fully saturated rings. The molecule has 1 aromatic rings. The lowest BCUT2D eigenvalue weighted by molar-refractivity contribution is 0.326. The molecule has 0 saturated carbocycles. The highest BCUT2D eigenvalue weighted by Crippen LogP contribution is 2.12. The lowest BCUT2D eigenvalue weighted by atomic mass is 10.2. The zero-order valence-electron chi connectivity index (χ0n) is 14.0. The molecule has 0 aromatic carbocycles. The van der Waals surface area contributed by atoms with Gasteiger partial charge in [-0.05, 0) is 31.9 Å². The minimum Gasteiger partial charge on any atom is -0.478 e. The fourth-order valence-electron chi connectivity index (χ4n) is 2.37. The number of aliphatic imine (C=N–C) groups is 1. The number of nitrogens with zero attached hydrogens (tertiary/aromatic N) is 2. The molecule has 136 valence electrons. The van der Waals surface area contributed by atoms with Crippen LogP contribution < -0.4 is 15.4 Å². The van der Waals surface area contributed by atoms with Crippen LogP contribution in [0.1, 0.15) is 25.8 Å². The van der Waals surface area contributed by atoms with Gasteiger partial charge in [-0.1, -0.05) is 0 Å². The molecule has 0 bridgehead atoms. The third-order valence-corrected chi connectivity index (χ3v) is 5.20. The molecule has 0 radical (unpaired) electrons. The van der Waals surface area contributed by atoms with Crippen molar-refractivity contribution in [3.8, 4) is 5.88 Å². The van der Waals surface area contributed by atoms with Crippen LogP contribution in [0.5, 0.6) is 5.88 Å². The second-order valence-corrected chi connectivity index (χ2v) is 7.60. The van der Waals surface area contributed by atoms with Gasteiger partial charge in [0.05, 0.1) is 24.7 Å². The lowest BCUT2D eigenvalue weighted by Gasteiger charge is -2.15. The molecule has 1 aromatic heterocycles. The molecule has 7 nitrogen and oxygen atoms in total. The highest BCUT2D eigenvalue weighted by Gasteiger charge is 2.28. The Morgan fingerprint density at radius 1 is 1.46 bits per heavy atom. The zero-order valence-corrected chi connectivity index (χ0v) is 17.1. The fourth-order valence-corrected chi connectivity index (χ4v) is 4.04. The monoisotopic (exact) mass is 468 g/mol. The molecule has 2 heterocycles. The average molecular weight is 468 g/mol. The minimum absolute atomic E-state index is 0. The zero-order chi connectivity index (χ0) is 16.7. The van der Waals surface area contributed by atoms with Crippen molar-refractivity contribution in [1.29, 1.82) is 0 Å². The quantitative estimate of drug-likeness (QED) is 0.372. The molecule has 1 aliphatic rings. The number of nitrogens with one attached hydrogen (secondary N) is 2. The van der Waals surface area contributed by atoms with Gasteiger partial charge in [0.1, 0.15) is 0 Å². The Hall–Kier alpha value is -1.10. The predicted molar refractivity (Wildman–Crippen MR) is 106 cm³/mol. The SMILES string of the molecule is CCNC(=NCc1ccnc(OCC)c1)NC1CCS(=O)(=O)C1.I. The van der Waals surface area contributed by atoms with Gasteiger partial charge in [-0.3, -0.25) is 0 Å². The van der Waals surface area contributed by atoms with Crippen molar-refractivity contribution in [3.05, 3.63) is 23.9 Å². The Labute approximate surface area is 160 Å². The van der Waals surface area contributed by atoms with Gasteiger partial charge in [0.25, 0.3) is 0 Å². The first kappa shape index (κ1) is 20.9. The van der Waals surface area contributed by atoms with Crippen molar-refractivity contribution >= 4 is 39.8 Å². The minimum atomic E-state index is -2.91. The van der Waals surface area contributed by atoms with E-state index in [-0.39, 0.29) is 41.5 Å². The summed E-state index contributed by atoms with van der Waals surface area (Å²) in [4.78, 5) is 8.64. The standard InChI is InChI=1S/C15H24N4O3S.HI/c1-3-16-15(19-13-6-8-23(20,21)11-13)18-10-12-5-7-17-14(9-12)22-4-2;/h5,7,9,13H,3-4,6,8,10-11H2,1-2H3,(H2,16,18,19);1H. The summed E-state index contributed by atoms with van der Waals surface area (Å²) in [5, 5.41) is 6.34. The topological polar surface area (TPSA) is 92.7 Å². The summed E-state index contributed by atoms with van der Waals surface area (Å²) in [7, 11) is -2.91. The van der Waals surface area contributed by atoms with Crippen LogP contribution in [0.2, 0.25) is 0 Å². The third-order valence-electron chi connectivity index (χ3n) is 3.43. The largest absolute Gasteiger partial charge is 0.478 e. The van der Waals surface area contributed by atoms with Gasteiger partial charge >= 0.3 is 0 Å². The van der Waals surface area contributed by atoms with Gasteiger partial charge in [-0.15, -0.1) is 24.0 Å². The number of hydrogen-bond donors (Lipinski definition) is 2. The number of aromatic nitrogens is 1. The Bertz CT molecular complexity index is 652. The van der Waals surface area contributed by atoms with Crippen LogP contribution in [0.25, 0.3) is 0 Å². The smallest absolute Gasteiger partial charge is 0.213 e. The summed E-state index contributed by atoms with van der Waals surface area (Å²) in [6, 6.07) is 3.67. The van der Waals surface area contributed by atoms with Crippen LogP contribution in [0, 0.1) is 0 Å². The second kappa shape index (κ2) is 10.0. The number of ether oxygens (including phenoxy) is 1. The molecular formula is C15H25IN4O3S. The second-order valence-electron chi connectivity index (χ2n) is 5.37. The number of rotatable bonds is 6. The average Bonchev–Trinajstić information content (AvgIpc) is 2.85. The maximum atomic E-state index is 11.5. The van der Waals surface area contributed by atoms with Gasteiger partial charge in [-0.25, -0.2) is 18.4 Å². The summed E-state index contributed by atoms with van der Waals surface area (Å²) >= 11 is 0. The Morgan fingerprint density at radius 2 is 2.25 bits per heavy atom. The van der Waals surface area contributed by atoms with Crippen LogP contribution >= 0.6 is 24.0 Å². The molecule has 0 aliphatic carbocycles. The van der Waals surface area contributed by atoms with Crippen molar-refractivity contribution in [2.24, 2.45) is 4.99 Å². The van der Waals surface area contributed by atoms with Crippen molar-refractivity contribution in [1.82, 2.24) is 15.6 Å². The highest BCUT2D eigenvalue weighted by molar-refractivity contribution is 14.0. The molecule has 1 saturated heterocycles. The molecule has 0 spiro atoms. The van der Waals surface area contributed by atoms with E-state index in [4.69, 9.17) is 4.74 Å².